The maximum Gasteiger partial charge on any atom is 0.274 e. The molecular formula is C19H19ClN2O3S2. The Bertz CT molecular complexity index is 1030. The van der Waals surface area contributed by atoms with Gasteiger partial charge in [-0.1, -0.05) is 59.3 Å². The molecule has 1 aromatic heterocycles. The quantitative estimate of drug-likeness (QED) is 0.614. The molecule has 0 saturated carbocycles. The Morgan fingerprint density at radius 3 is 2.56 bits per heavy atom. The van der Waals surface area contributed by atoms with Crippen molar-refractivity contribution in [2.24, 2.45) is 0 Å². The Hall–Kier alpha value is -1.67. The van der Waals surface area contributed by atoms with Gasteiger partial charge in [-0.25, -0.2) is 17.7 Å². The Labute approximate surface area is 167 Å². The Balaban J connectivity index is 1.37. The molecule has 1 aliphatic heterocycles. The van der Waals surface area contributed by atoms with Crippen molar-refractivity contribution in [3.05, 3.63) is 59.1 Å². The fourth-order valence-corrected chi connectivity index (χ4v) is 5.94. The van der Waals surface area contributed by atoms with E-state index in [1.165, 1.54) is 11.3 Å². The lowest BCUT2D eigenvalue weighted by Gasteiger charge is -2.30. The minimum atomic E-state index is -3.31. The molecule has 4 rings (SSSR count). The summed E-state index contributed by atoms with van der Waals surface area (Å²) in [5.74, 6) is 0.0374. The van der Waals surface area contributed by atoms with Crippen molar-refractivity contribution in [2.45, 2.75) is 24.7 Å². The van der Waals surface area contributed by atoms with Crippen LogP contribution in [0.15, 0.2) is 48.5 Å². The van der Waals surface area contributed by atoms with Crippen molar-refractivity contribution < 1.29 is 13.2 Å². The van der Waals surface area contributed by atoms with Gasteiger partial charge in [-0.15, -0.1) is 0 Å². The SMILES string of the molecule is O=S(=O)(Cc1ccccc1)N1CCC(Oc2nc3c(Cl)cccc3s2)CC1. The van der Waals surface area contributed by atoms with E-state index >= 15 is 0 Å². The van der Waals surface area contributed by atoms with Gasteiger partial charge >= 0.3 is 0 Å². The molecule has 1 saturated heterocycles. The summed E-state index contributed by atoms with van der Waals surface area (Å²) in [5.41, 5.74) is 1.56. The highest BCUT2D eigenvalue weighted by atomic mass is 35.5. The molecule has 5 nitrogen and oxygen atoms in total. The van der Waals surface area contributed by atoms with E-state index in [-0.39, 0.29) is 11.9 Å². The standard InChI is InChI=1S/C19H19ClN2O3S2/c20-16-7-4-8-17-18(16)21-19(26-17)25-15-9-11-22(12-10-15)27(23,24)13-14-5-2-1-3-6-14/h1-8,15H,9-13H2. The summed E-state index contributed by atoms with van der Waals surface area (Å²) in [4.78, 5) is 4.46. The van der Waals surface area contributed by atoms with Crippen LogP contribution < -0.4 is 4.74 Å². The Morgan fingerprint density at radius 1 is 1.11 bits per heavy atom. The van der Waals surface area contributed by atoms with E-state index in [0.717, 1.165) is 15.8 Å². The maximum atomic E-state index is 12.6. The first-order chi connectivity index (χ1) is 13.0. The molecule has 0 radical (unpaired) electrons. The van der Waals surface area contributed by atoms with Gasteiger partial charge in [0.1, 0.15) is 11.6 Å². The first-order valence-electron chi connectivity index (χ1n) is 8.75. The molecule has 1 aliphatic rings. The van der Waals surface area contributed by atoms with Gasteiger partial charge < -0.3 is 4.74 Å². The lowest BCUT2D eigenvalue weighted by atomic mass is 10.1. The maximum absolute atomic E-state index is 12.6. The van der Waals surface area contributed by atoms with Crippen LogP contribution in [0.1, 0.15) is 18.4 Å². The van der Waals surface area contributed by atoms with Crippen LogP contribution in [0, 0.1) is 0 Å². The van der Waals surface area contributed by atoms with E-state index in [1.54, 1.807) is 4.31 Å². The summed E-state index contributed by atoms with van der Waals surface area (Å²) in [7, 11) is -3.31. The van der Waals surface area contributed by atoms with Gasteiger partial charge in [-0.05, 0) is 30.5 Å². The number of rotatable bonds is 5. The molecule has 0 atom stereocenters. The normalized spacial score (nSPS) is 16.6. The molecule has 0 bridgehead atoms. The summed E-state index contributed by atoms with van der Waals surface area (Å²) in [6.45, 7) is 0.928. The number of ether oxygens (including phenoxy) is 1. The van der Waals surface area contributed by atoms with Crippen molar-refractivity contribution in [2.75, 3.05) is 13.1 Å². The summed E-state index contributed by atoms with van der Waals surface area (Å²) in [5, 5.41) is 1.20. The molecular weight excluding hydrogens is 404 g/mol. The number of para-hydroxylation sites is 1. The lowest BCUT2D eigenvalue weighted by molar-refractivity contribution is 0.135. The molecule has 0 unspecified atom stereocenters. The third kappa shape index (κ3) is 4.27. The monoisotopic (exact) mass is 422 g/mol. The van der Waals surface area contributed by atoms with Crippen molar-refractivity contribution >= 4 is 43.2 Å². The third-order valence-corrected chi connectivity index (χ3v) is 7.67. The molecule has 0 spiro atoms. The van der Waals surface area contributed by atoms with E-state index in [9.17, 15) is 8.42 Å². The zero-order chi connectivity index (χ0) is 18.9. The molecule has 2 aromatic carbocycles. The van der Waals surface area contributed by atoms with Gasteiger partial charge in [0.25, 0.3) is 5.19 Å². The fraction of sp³-hybridized carbons (Fsp3) is 0.316. The molecule has 0 amide bonds. The van der Waals surface area contributed by atoms with E-state index in [1.807, 2.05) is 48.5 Å². The lowest BCUT2D eigenvalue weighted by Crippen LogP contribution is -2.42. The van der Waals surface area contributed by atoms with Gasteiger partial charge in [0.2, 0.25) is 10.0 Å². The number of benzene rings is 2. The van der Waals surface area contributed by atoms with Gasteiger partial charge in [0.15, 0.2) is 0 Å². The number of aromatic nitrogens is 1. The van der Waals surface area contributed by atoms with Crippen LogP contribution in [0.3, 0.4) is 0 Å². The summed E-state index contributed by atoms with van der Waals surface area (Å²) in [6, 6.07) is 14.9. The van der Waals surface area contributed by atoms with Gasteiger partial charge in [0, 0.05) is 13.1 Å². The zero-order valence-electron chi connectivity index (χ0n) is 14.5. The average molecular weight is 423 g/mol. The minimum Gasteiger partial charge on any atom is -0.467 e. The summed E-state index contributed by atoms with van der Waals surface area (Å²) >= 11 is 7.63. The predicted molar refractivity (Wildman–Crippen MR) is 109 cm³/mol. The number of sulfonamides is 1. The number of piperidine rings is 1. The number of hydrogen-bond acceptors (Lipinski definition) is 5. The van der Waals surface area contributed by atoms with Crippen LogP contribution in [0.2, 0.25) is 5.02 Å². The molecule has 0 N–H and O–H groups in total. The van der Waals surface area contributed by atoms with Crippen molar-refractivity contribution in [3.8, 4) is 5.19 Å². The topological polar surface area (TPSA) is 59.5 Å². The smallest absolute Gasteiger partial charge is 0.274 e. The predicted octanol–water partition coefficient (Wildman–Crippen LogP) is 4.32. The van der Waals surface area contributed by atoms with Gasteiger partial charge in [-0.2, -0.15) is 0 Å². The van der Waals surface area contributed by atoms with Crippen LogP contribution in [0.4, 0.5) is 0 Å². The Kier molecular flexibility index (Phi) is 5.36. The van der Waals surface area contributed by atoms with Crippen LogP contribution in [0.5, 0.6) is 5.19 Å². The Morgan fingerprint density at radius 2 is 1.85 bits per heavy atom. The van der Waals surface area contributed by atoms with Crippen LogP contribution in [0.25, 0.3) is 10.2 Å². The van der Waals surface area contributed by atoms with Crippen molar-refractivity contribution in [3.63, 3.8) is 0 Å². The molecule has 0 aliphatic carbocycles. The molecule has 1 fully saturated rings. The number of fused-ring (bicyclic) bond motifs is 1. The number of nitrogens with zero attached hydrogens (tertiary/aromatic N) is 2. The van der Waals surface area contributed by atoms with E-state index in [0.29, 0.717) is 36.1 Å². The molecule has 8 heteroatoms. The van der Waals surface area contributed by atoms with Gasteiger partial charge in [-0.3, -0.25) is 0 Å². The van der Waals surface area contributed by atoms with Gasteiger partial charge in [0.05, 0.1) is 15.5 Å². The highest BCUT2D eigenvalue weighted by Crippen LogP contribution is 2.33. The molecule has 3 aromatic rings. The van der Waals surface area contributed by atoms with Crippen LogP contribution >= 0.6 is 22.9 Å². The van der Waals surface area contributed by atoms with E-state index < -0.39 is 10.0 Å². The number of hydrogen-bond donors (Lipinski definition) is 0. The second-order valence-electron chi connectivity index (χ2n) is 6.52. The first kappa shape index (κ1) is 18.7. The third-order valence-electron chi connectivity index (χ3n) is 4.60. The van der Waals surface area contributed by atoms with Crippen molar-refractivity contribution in [1.29, 1.82) is 0 Å². The van der Waals surface area contributed by atoms with Crippen LogP contribution in [-0.4, -0.2) is 36.9 Å². The largest absolute Gasteiger partial charge is 0.467 e. The minimum absolute atomic E-state index is 0.0347. The summed E-state index contributed by atoms with van der Waals surface area (Å²) < 4.78 is 33.8. The zero-order valence-corrected chi connectivity index (χ0v) is 16.9. The summed E-state index contributed by atoms with van der Waals surface area (Å²) in [6.07, 6.45) is 1.27. The highest BCUT2D eigenvalue weighted by molar-refractivity contribution is 7.88. The molecule has 2 heterocycles. The number of halogens is 1. The second-order valence-corrected chi connectivity index (χ2v) is 9.89. The second kappa shape index (κ2) is 7.75. The van der Waals surface area contributed by atoms with Crippen molar-refractivity contribution in [1.82, 2.24) is 9.29 Å². The first-order valence-corrected chi connectivity index (χ1v) is 11.5. The van der Waals surface area contributed by atoms with E-state index in [2.05, 4.69) is 4.98 Å². The number of thiazole rings is 1. The fourth-order valence-electron chi connectivity index (χ4n) is 3.19. The van der Waals surface area contributed by atoms with E-state index in [4.69, 9.17) is 16.3 Å². The average Bonchev–Trinajstić information content (AvgIpc) is 3.07. The highest BCUT2D eigenvalue weighted by Gasteiger charge is 2.29. The molecule has 142 valence electrons. The molecule has 27 heavy (non-hydrogen) atoms. The van der Waals surface area contributed by atoms with Crippen LogP contribution in [-0.2, 0) is 15.8 Å².